The number of hydrogen-bond acceptors (Lipinski definition) is 8. The van der Waals surface area contributed by atoms with Gasteiger partial charge in [-0.2, -0.15) is 18.4 Å². The number of nitrogens with one attached hydrogen (secondary N) is 2. The number of sulfonamides is 1. The molecule has 0 saturated carbocycles. The molecule has 3 aromatic heterocycles. The molecule has 13 heteroatoms. The number of methoxy groups -OCH3 is 2. The average Bonchev–Trinajstić information content (AvgIpc) is 2.97. The lowest BCUT2D eigenvalue weighted by atomic mass is 10.5. The van der Waals surface area contributed by atoms with Gasteiger partial charge in [-0.1, -0.05) is 17.7 Å². The SMILES string of the molecule is COc1cc(OC)nc(NC(=S)NS(=O)(=O)c2c(Cl)nc3ccccn23)n1. The molecule has 2 N–H and O–H groups in total. The number of rotatable bonds is 5. The minimum atomic E-state index is -4.13. The first-order valence-electron chi connectivity index (χ1n) is 7.27. The average molecular weight is 429 g/mol. The molecule has 0 radical (unpaired) electrons. The van der Waals surface area contributed by atoms with Crippen molar-refractivity contribution in [3.63, 3.8) is 0 Å². The quantitative estimate of drug-likeness (QED) is 0.582. The van der Waals surface area contributed by atoms with Crippen LogP contribution in [-0.2, 0) is 10.0 Å². The topological polar surface area (TPSA) is 120 Å². The van der Waals surface area contributed by atoms with E-state index in [1.807, 2.05) is 0 Å². The zero-order valence-electron chi connectivity index (χ0n) is 14.0. The summed E-state index contributed by atoms with van der Waals surface area (Å²) in [5.41, 5.74) is 0.377. The van der Waals surface area contributed by atoms with Crippen LogP contribution in [0.4, 0.5) is 5.95 Å². The van der Waals surface area contributed by atoms with Crippen LogP contribution >= 0.6 is 23.8 Å². The van der Waals surface area contributed by atoms with Gasteiger partial charge >= 0.3 is 0 Å². The molecular formula is C14H13ClN6O4S2. The van der Waals surface area contributed by atoms with Crippen LogP contribution in [-0.4, -0.2) is 47.1 Å². The van der Waals surface area contributed by atoms with E-state index in [-0.39, 0.29) is 33.0 Å². The molecule has 10 nitrogen and oxygen atoms in total. The number of thiocarbonyl (C=S) groups is 1. The number of halogens is 1. The number of fused-ring (bicyclic) bond motifs is 1. The lowest BCUT2D eigenvalue weighted by Crippen LogP contribution is -2.35. The van der Waals surface area contributed by atoms with Crippen molar-refractivity contribution in [2.75, 3.05) is 19.5 Å². The molecule has 0 atom stereocenters. The summed E-state index contributed by atoms with van der Waals surface area (Å²) in [4.78, 5) is 12.0. The van der Waals surface area contributed by atoms with Crippen molar-refractivity contribution in [3.05, 3.63) is 35.6 Å². The molecule has 0 spiro atoms. The summed E-state index contributed by atoms with van der Waals surface area (Å²) in [7, 11) is -1.30. The normalized spacial score (nSPS) is 11.2. The maximum atomic E-state index is 12.7. The van der Waals surface area contributed by atoms with Crippen molar-refractivity contribution >= 4 is 50.6 Å². The zero-order valence-corrected chi connectivity index (χ0v) is 16.4. The summed E-state index contributed by atoms with van der Waals surface area (Å²) in [6.07, 6.45) is 1.52. The van der Waals surface area contributed by atoms with Gasteiger partial charge in [-0.15, -0.1) is 0 Å². The van der Waals surface area contributed by atoms with Gasteiger partial charge < -0.3 is 14.8 Å². The fraction of sp³-hybridized carbons (Fsp3) is 0.143. The number of hydrogen-bond donors (Lipinski definition) is 2. The molecule has 0 aliphatic rings. The van der Waals surface area contributed by atoms with Crippen LogP contribution in [0.3, 0.4) is 0 Å². The van der Waals surface area contributed by atoms with E-state index in [9.17, 15) is 8.42 Å². The zero-order chi connectivity index (χ0) is 19.6. The Bertz CT molecular complexity index is 1100. The van der Waals surface area contributed by atoms with E-state index in [2.05, 4.69) is 25.0 Å². The van der Waals surface area contributed by atoms with Gasteiger partial charge in [0.1, 0.15) is 5.65 Å². The molecule has 3 aromatic rings. The summed E-state index contributed by atoms with van der Waals surface area (Å²) in [6.45, 7) is 0. The van der Waals surface area contributed by atoms with E-state index in [0.29, 0.717) is 5.65 Å². The van der Waals surface area contributed by atoms with Gasteiger partial charge in [0.2, 0.25) is 17.7 Å². The molecule has 0 aliphatic carbocycles. The molecule has 0 fully saturated rings. The molecular weight excluding hydrogens is 416 g/mol. The van der Waals surface area contributed by atoms with Crippen LogP contribution in [0, 0.1) is 0 Å². The van der Waals surface area contributed by atoms with Gasteiger partial charge in [-0.25, -0.2) is 4.98 Å². The lowest BCUT2D eigenvalue weighted by Gasteiger charge is -2.11. The molecule has 142 valence electrons. The Labute approximate surface area is 164 Å². The minimum Gasteiger partial charge on any atom is -0.481 e. The third-order valence-corrected chi connectivity index (χ3v) is 5.33. The Morgan fingerprint density at radius 3 is 2.48 bits per heavy atom. The number of pyridine rings is 1. The monoisotopic (exact) mass is 428 g/mol. The summed E-state index contributed by atoms with van der Waals surface area (Å²) in [5, 5.41) is 1.87. The molecule has 0 amide bonds. The van der Waals surface area contributed by atoms with Gasteiger partial charge in [0.05, 0.1) is 20.3 Å². The first kappa shape index (κ1) is 19.1. The van der Waals surface area contributed by atoms with Crippen molar-refractivity contribution < 1.29 is 17.9 Å². The number of aromatic nitrogens is 4. The van der Waals surface area contributed by atoms with Crippen LogP contribution in [0.2, 0.25) is 5.15 Å². The van der Waals surface area contributed by atoms with Crippen molar-refractivity contribution in [3.8, 4) is 11.8 Å². The summed E-state index contributed by atoms with van der Waals surface area (Å²) in [5.74, 6) is 0.405. The van der Waals surface area contributed by atoms with Crippen LogP contribution in [0.1, 0.15) is 0 Å². The van der Waals surface area contributed by atoms with Gasteiger partial charge in [0, 0.05) is 6.20 Å². The van der Waals surface area contributed by atoms with E-state index >= 15 is 0 Å². The van der Waals surface area contributed by atoms with Crippen LogP contribution < -0.4 is 19.5 Å². The van der Waals surface area contributed by atoms with Gasteiger partial charge in [0.25, 0.3) is 10.0 Å². The van der Waals surface area contributed by atoms with E-state index in [0.717, 1.165) is 0 Å². The fourth-order valence-corrected chi connectivity index (χ4v) is 4.13. The Kier molecular flexibility index (Phi) is 5.30. The first-order chi connectivity index (χ1) is 12.8. The second-order valence-electron chi connectivity index (χ2n) is 4.97. The highest BCUT2D eigenvalue weighted by molar-refractivity contribution is 7.92. The number of ether oxygens (including phenoxy) is 2. The summed E-state index contributed by atoms with van der Waals surface area (Å²) >= 11 is 11.0. The number of nitrogens with zero attached hydrogens (tertiary/aromatic N) is 4. The molecule has 3 heterocycles. The molecule has 3 rings (SSSR count). The smallest absolute Gasteiger partial charge is 0.282 e. The Balaban J connectivity index is 1.86. The second-order valence-corrected chi connectivity index (χ2v) is 7.34. The maximum absolute atomic E-state index is 12.7. The largest absolute Gasteiger partial charge is 0.481 e. The predicted molar refractivity (Wildman–Crippen MR) is 102 cm³/mol. The van der Waals surface area contributed by atoms with Crippen molar-refractivity contribution in [2.45, 2.75) is 5.03 Å². The molecule has 0 saturated heterocycles. The third-order valence-electron chi connectivity index (χ3n) is 3.25. The van der Waals surface area contributed by atoms with E-state index < -0.39 is 10.0 Å². The molecule has 0 aromatic carbocycles. The lowest BCUT2D eigenvalue weighted by molar-refractivity contribution is 0.373. The molecule has 0 aliphatic heterocycles. The van der Waals surface area contributed by atoms with Gasteiger partial charge in [0.15, 0.2) is 15.3 Å². The predicted octanol–water partition coefficient (Wildman–Crippen LogP) is 1.47. The van der Waals surface area contributed by atoms with E-state index in [4.69, 9.17) is 33.3 Å². The van der Waals surface area contributed by atoms with Crippen LogP contribution in [0.15, 0.2) is 35.5 Å². The first-order valence-corrected chi connectivity index (χ1v) is 9.54. The van der Waals surface area contributed by atoms with Crippen molar-refractivity contribution in [2.24, 2.45) is 0 Å². The highest BCUT2D eigenvalue weighted by atomic mass is 35.5. The van der Waals surface area contributed by atoms with Crippen molar-refractivity contribution in [1.29, 1.82) is 0 Å². The number of anilines is 1. The molecule has 0 unspecified atom stereocenters. The van der Waals surface area contributed by atoms with Gasteiger partial charge in [-0.05, 0) is 24.4 Å². The van der Waals surface area contributed by atoms with Crippen LogP contribution in [0.25, 0.3) is 5.65 Å². The van der Waals surface area contributed by atoms with Gasteiger partial charge in [-0.3, -0.25) is 9.12 Å². The summed E-state index contributed by atoms with van der Waals surface area (Å²) < 4.78 is 39.0. The molecule has 27 heavy (non-hydrogen) atoms. The Hall–Kier alpha value is -2.70. The second kappa shape index (κ2) is 7.50. The molecule has 0 bridgehead atoms. The highest BCUT2D eigenvalue weighted by Crippen LogP contribution is 2.22. The van der Waals surface area contributed by atoms with E-state index in [1.165, 1.54) is 30.9 Å². The summed E-state index contributed by atoms with van der Waals surface area (Å²) in [6, 6.07) is 6.44. The van der Waals surface area contributed by atoms with Crippen molar-refractivity contribution in [1.82, 2.24) is 24.1 Å². The third kappa shape index (κ3) is 4.02. The minimum absolute atomic E-state index is 0.0110. The van der Waals surface area contributed by atoms with Crippen LogP contribution in [0.5, 0.6) is 11.8 Å². The van der Waals surface area contributed by atoms with E-state index in [1.54, 1.807) is 18.2 Å². The number of imidazole rings is 1. The standard InChI is InChI=1S/C14H13ClN6O4S2/c1-24-9-7-10(25-2)18-13(17-9)19-14(26)20-27(22,23)12-11(15)16-8-5-3-4-6-21(8)12/h3-7H,1-2H3,(H2,17,18,19,20,26). The Morgan fingerprint density at radius 2 is 1.85 bits per heavy atom. The fourth-order valence-electron chi connectivity index (χ4n) is 2.15. The Morgan fingerprint density at radius 1 is 1.19 bits per heavy atom. The maximum Gasteiger partial charge on any atom is 0.282 e. The highest BCUT2D eigenvalue weighted by Gasteiger charge is 2.25.